The topological polar surface area (TPSA) is 123 Å². The van der Waals surface area contributed by atoms with Crippen molar-refractivity contribution in [3.05, 3.63) is 59.7 Å². The number of esters is 1. The van der Waals surface area contributed by atoms with Crippen molar-refractivity contribution >= 4 is 11.9 Å². The van der Waals surface area contributed by atoms with Crippen molar-refractivity contribution in [1.82, 2.24) is 0 Å². The molecule has 0 saturated heterocycles. The van der Waals surface area contributed by atoms with Gasteiger partial charge >= 0.3 is 11.9 Å². The number of carboxylic acids is 1. The Labute approximate surface area is 311 Å². The van der Waals surface area contributed by atoms with Crippen LogP contribution in [0.15, 0.2) is 48.5 Å². The highest BCUT2D eigenvalue weighted by molar-refractivity contribution is 5.69. The van der Waals surface area contributed by atoms with Gasteiger partial charge in [-0.05, 0) is 60.6 Å². The SMILES string of the molecule is CC.CC.CC(C)CC(O)COc1ccc(C(C)(C)c2ccc(OCC(O)COC(=O)CCCCCCCCCCC(=O)O)cc2)cc1.CCC. The summed E-state index contributed by atoms with van der Waals surface area (Å²) in [7, 11) is 0. The summed E-state index contributed by atoms with van der Waals surface area (Å²) in [5, 5.41) is 28.9. The molecule has 3 N–H and O–H groups in total. The molecule has 0 amide bonds. The van der Waals surface area contributed by atoms with Crippen LogP contribution in [0.3, 0.4) is 0 Å². The number of carboxylic acid groups (broad SMARTS) is 1. The Morgan fingerprint density at radius 3 is 1.39 bits per heavy atom. The molecule has 0 aliphatic rings. The van der Waals surface area contributed by atoms with Gasteiger partial charge in [-0.15, -0.1) is 0 Å². The van der Waals surface area contributed by atoms with Gasteiger partial charge in [-0.2, -0.15) is 0 Å². The Morgan fingerprint density at radius 1 is 0.627 bits per heavy atom. The molecule has 2 aromatic rings. The number of aliphatic carboxylic acids is 1. The number of carbonyl (C=O) groups is 2. The molecule has 294 valence electrons. The summed E-state index contributed by atoms with van der Waals surface area (Å²) in [5.41, 5.74) is 1.98. The lowest BCUT2D eigenvalue weighted by Crippen LogP contribution is -2.25. The maximum absolute atomic E-state index is 12.0. The standard InChI is InChI=1S/C36H54O8.C3H8.2C2H6/c1-27(2)23-30(37)24-42-32-19-15-28(16-20-32)36(3,4)29-17-21-33(22-18-29)43-25-31(38)26-44-35(41)14-12-10-8-6-5-7-9-11-13-34(39)40;1-3-2;2*1-2/h15-22,27,30-31,37-38H,5-14,23-26H2,1-4H3,(H,39,40);3H2,1-2H3;2*1-2H3. The Balaban J connectivity index is 0. The molecule has 0 fully saturated rings. The molecule has 0 saturated carbocycles. The van der Waals surface area contributed by atoms with Crippen molar-refractivity contribution in [1.29, 1.82) is 0 Å². The number of rotatable bonds is 23. The Hall–Kier alpha value is -3.10. The van der Waals surface area contributed by atoms with E-state index in [0.717, 1.165) is 68.2 Å². The lowest BCUT2D eigenvalue weighted by atomic mass is 9.78. The average molecular weight is 719 g/mol. The third kappa shape index (κ3) is 25.5. The fraction of sp³-hybridized carbons (Fsp3) is 0.674. The molecule has 2 aromatic carbocycles. The largest absolute Gasteiger partial charge is 0.491 e. The van der Waals surface area contributed by atoms with Gasteiger partial charge in [0.15, 0.2) is 0 Å². The summed E-state index contributed by atoms with van der Waals surface area (Å²) in [6.07, 6.45) is 8.82. The molecule has 0 heterocycles. The van der Waals surface area contributed by atoms with E-state index in [-0.39, 0.29) is 37.6 Å². The minimum atomic E-state index is -0.914. The van der Waals surface area contributed by atoms with Crippen LogP contribution in [0.25, 0.3) is 0 Å². The lowest BCUT2D eigenvalue weighted by molar-refractivity contribution is -0.147. The fourth-order valence-corrected chi connectivity index (χ4v) is 5.01. The van der Waals surface area contributed by atoms with Crippen molar-refractivity contribution in [2.24, 2.45) is 5.92 Å². The number of benzene rings is 2. The van der Waals surface area contributed by atoms with Crippen LogP contribution in [-0.4, -0.2) is 59.3 Å². The first kappa shape index (κ1) is 50.0. The van der Waals surface area contributed by atoms with Gasteiger partial charge < -0.3 is 29.5 Å². The number of ether oxygens (including phenoxy) is 3. The maximum atomic E-state index is 12.0. The van der Waals surface area contributed by atoms with Crippen LogP contribution in [0, 0.1) is 5.92 Å². The number of aliphatic hydroxyl groups is 2. The van der Waals surface area contributed by atoms with Crippen LogP contribution in [-0.2, 0) is 19.7 Å². The first-order chi connectivity index (χ1) is 24.4. The van der Waals surface area contributed by atoms with Crippen LogP contribution in [0.2, 0.25) is 0 Å². The zero-order valence-corrected chi connectivity index (χ0v) is 33.8. The molecule has 8 heteroatoms. The average Bonchev–Trinajstić information content (AvgIpc) is 3.11. The number of aliphatic hydroxyl groups excluding tert-OH is 2. The summed E-state index contributed by atoms with van der Waals surface area (Å²) >= 11 is 0. The summed E-state index contributed by atoms with van der Waals surface area (Å²) in [5.74, 6) is 0.730. The minimum Gasteiger partial charge on any atom is -0.491 e. The van der Waals surface area contributed by atoms with E-state index in [9.17, 15) is 19.8 Å². The minimum absolute atomic E-state index is 0.0236. The van der Waals surface area contributed by atoms with Gasteiger partial charge in [0.1, 0.15) is 37.4 Å². The molecular weight excluding hydrogens is 644 g/mol. The highest BCUT2D eigenvalue weighted by Gasteiger charge is 2.23. The van der Waals surface area contributed by atoms with Crippen LogP contribution in [0.5, 0.6) is 11.5 Å². The summed E-state index contributed by atoms with van der Waals surface area (Å²) < 4.78 is 16.7. The quantitative estimate of drug-likeness (QED) is 0.0766. The van der Waals surface area contributed by atoms with Crippen LogP contribution in [0.1, 0.15) is 157 Å². The van der Waals surface area contributed by atoms with Crippen LogP contribution in [0.4, 0.5) is 0 Å². The zero-order chi connectivity index (χ0) is 39.1. The number of unbranched alkanes of at least 4 members (excludes halogenated alkanes) is 7. The predicted molar refractivity (Wildman–Crippen MR) is 211 cm³/mol. The van der Waals surface area contributed by atoms with Crippen LogP contribution < -0.4 is 9.47 Å². The van der Waals surface area contributed by atoms with Gasteiger partial charge in [0, 0.05) is 18.3 Å². The molecule has 0 aliphatic heterocycles. The van der Waals surface area contributed by atoms with Crippen molar-refractivity contribution in [2.75, 3.05) is 19.8 Å². The summed E-state index contributed by atoms with van der Waals surface area (Å²) in [6.45, 7) is 20.9. The molecular formula is C43H74O8. The van der Waals surface area contributed by atoms with Gasteiger partial charge in [-0.25, -0.2) is 0 Å². The van der Waals surface area contributed by atoms with Gasteiger partial charge in [0.05, 0.1) is 6.10 Å². The zero-order valence-electron chi connectivity index (χ0n) is 33.8. The van der Waals surface area contributed by atoms with Gasteiger partial charge in [-0.3, -0.25) is 9.59 Å². The van der Waals surface area contributed by atoms with E-state index in [0.29, 0.717) is 24.5 Å². The van der Waals surface area contributed by atoms with Gasteiger partial charge in [0.25, 0.3) is 0 Å². The molecule has 2 atom stereocenters. The van der Waals surface area contributed by atoms with E-state index < -0.39 is 18.2 Å². The monoisotopic (exact) mass is 719 g/mol. The van der Waals surface area contributed by atoms with Crippen molar-refractivity contribution < 1.29 is 39.1 Å². The third-order valence-electron chi connectivity index (χ3n) is 7.74. The molecule has 2 rings (SSSR count). The van der Waals surface area contributed by atoms with Gasteiger partial charge in [0.2, 0.25) is 0 Å². The molecule has 0 spiro atoms. The van der Waals surface area contributed by atoms with E-state index in [1.807, 2.05) is 76.2 Å². The Bertz CT molecular complexity index is 1100. The van der Waals surface area contributed by atoms with Crippen LogP contribution >= 0.6 is 0 Å². The van der Waals surface area contributed by atoms with E-state index in [1.165, 1.54) is 6.42 Å². The van der Waals surface area contributed by atoms with E-state index in [1.54, 1.807) is 0 Å². The first-order valence-electron chi connectivity index (χ1n) is 19.6. The van der Waals surface area contributed by atoms with Crippen molar-refractivity contribution in [2.45, 2.75) is 164 Å². The first-order valence-corrected chi connectivity index (χ1v) is 19.6. The fourth-order valence-electron chi connectivity index (χ4n) is 5.01. The third-order valence-corrected chi connectivity index (χ3v) is 7.74. The molecule has 0 aliphatic carbocycles. The van der Waals surface area contributed by atoms with E-state index in [4.69, 9.17) is 19.3 Å². The molecule has 0 bridgehead atoms. The second-order valence-corrected chi connectivity index (χ2v) is 13.3. The second kappa shape index (κ2) is 31.6. The summed E-state index contributed by atoms with van der Waals surface area (Å²) in [6, 6.07) is 15.7. The van der Waals surface area contributed by atoms with Gasteiger partial charge in [-0.1, -0.05) is 138 Å². The predicted octanol–water partition coefficient (Wildman–Crippen LogP) is 10.5. The molecule has 2 unspecified atom stereocenters. The maximum Gasteiger partial charge on any atom is 0.305 e. The Kier molecular flexibility index (Phi) is 31.0. The molecule has 8 nitrogen and oxygen atoms in total. The summed E-state index contributed by atoms with van der Waals surface area (Å²) in [4.78, 5) is 22.5. The number of hydrogen-bond donors (Lipinski definition) is 3. The lowest BCUT2D eigenvalue weighted by Gasteiger charge is -2.26. The number of carbonyl (C=O) groups excluding carboxylic acids is 1. The normalized spacial score (nSPS) is 11.8. The van der Waals surface area contributed by atoms with E-state index >= 15 is 0 Å². The molecule has 51 heavy (non-hydrogen) atoms. The molecule has 0 radical (unpaired) electrons. The second-order valence-electron chi connectivity index (χ2n) is 13.3. The number of hydrogen-bond acceptors (Lipinski definition) is 7. The van der Waals surface area contributed by atoms with Crippen molar-refractivity contribution in [3.8, 4) is 11.5 Å². The highest BCUT2D eigenvalue weighted by Crippen LogP contribution is 2.33. The molecule has 0 aromatic heterocycles. The van der Waals surface area contributed by atoms with E-state index in [2.05, 4.69) is 41.5 Å². The highest BCUT2D eigenvalue weighted by atomic mass is 16.5. The smallest absolute Gasteiger partial charge is 0.305 e. The van der Waals surface area contributed by atoms with Crippen molar-refractivity contribution in [3.63, 3.8) is 0 Å². The Morgan fingerprint density at radius 2 is 1.00 bits per heavy atom.